The van der Waals surface area contributed by atoms with Gasteiger partial charge in [0.25, 0.3) is 5.91 Å². The molecule has 1 aliphatic rings. The number of hydrogen-bond acceptors (Lipinski definition) is 4. The van der Waals surface area contributed by atoms with Gasteiger partial charge in [0.05, 0.1) is 13.2 Å². The third kappa shape index (κ3) is 5.44. The molecule has 1 amide bonds. The first-order valence-corrected chi connectivity index (χ1v) is 10.6. The number of carbonyl (C=O) groups excluding carboxylic acids is 1. The standard InChI is InChI=1S/C26H28N2O3/c1-27(19-23-7-5-6-10-25(23)28-15-17-30-18-16-28)26(29)22-13-11-21(12-14-22)20-31-24-8-3-2-4-9-24/h2-14H,15-20H2,1H3. The molecule has 5 nitrogen and oxygen atoms in total. The van der Waals surface area contributed by atoms with Crippen LogP contribution in [0, 0.1) is 0 Å². The van der Waals surface area contributed by atoms with Crippen molar-refractivity contribution in [3.05, 3.63) is 95.6 Å². The van der Waals surface area contributed by atoms with E-state index in [9.17, 15) is 4.79 Å². The van der Waals surface area contributed by atoms with E-state index in [0.29, 0.717) is 18.7 Å². The Hall–Kier alpha value is -3.31. The van der Waals surface area contributed by atoms with Crippen LogP contribution in [0.25, 0.3) is 0 Å². The number of anilines is 1. The van der Waals surface area contributed by atoms with E-state index in [1.165, 1.54) is 5.69 Å². The highest BCUT2D eigenvalue weighted by Crippen LogP contribution is 2.23. The summed E-state index contributed by atoms with van der Waals surface area (Å²) >= 11 is 0. The molecule has 0 saturated carbocycles. The van der Waals surface area contributed by atoms with Crippen molar-refractivity contribution in [2.24, 2.45) is 0 Å². The number of ether oxygens (including phenoxy) is 2. The second-order valence-electron chi connectivity index (χ2n) is 7.69. The minimum Gasteiger partial charge on any atom is -0.489 e. The predicted molar refractivity (Wildman–Crippen MR) is 122 cm³/mol. The quantitative estimate of drug-likeness (QED) is 0.573. The van der Waals surface area contributed by atoms with Gasteiger partial charge in [0.15, 0.2) is 0 Å². The largest absolute Gasteiger partial charge is 0.489 e. The molecule has 3 aromatic carbocycles. The van der Waals surface area contributed by atoms with Crippen LogP contribution in [0.5, 0.6) is 5.75 Å². The topological polar surface area (TPSA) is 42.0 Å². The Morgan fingerprint density at radius 1 is 0.935 bits per heavy atom. The molecule has 0 radical (unpaired) electrons. The van der Waals surface area contributed by atoms with Gasteiger partial charge in [0.1, 0.15) is 12.4 Å². The summed E-state index contributed by atoms with van der Waals surface area (Å²) in [6.45, 7) is 4.27. The summed E-state index contributed by atoms with van der Waals surface area (Å²) < 4.78 is 11.3. The Morgan fingerprint density at radius 3 is 2.35 bits per heavy atom. The lowest BCUT2D eigenvalue weighted by molar-refractivity contribution is 0.0785. The number of benzene rings is 3. The van der Waals surface area contributed by atoms with Gasteiger partial charge >= 0.3 is 0 Å². The van der Waals surface area contributed by atoms with Gasteiger partial charge in [-0.25, -0.2) is 0 Å². The van der Waals surface area contributed by atoms with Crippen molar-refractivity contribution in [1.82, 2.24) is 4.90 Å². The Kier molecular flexibility index (Phi) is 6.85. The highest BCUT2D eigenvalue weighted by molar-refractivity contribution is 5.94. The second kappa shape index (κ2) is 10.1. The minimum atomic E-state index is 0.00677. The molecule has 1 saturated heterocycles. The molecule has 0 aliphatic carbocycles. The van der Waals surface area contributed by atoms with Crippen molar-refractivity contribution in [3.63, 3.8) is 0 Å². The Morgan fingerprint density at radius 2 is 1.61 bits per heavy atom. The normalized spacial score (nSPS) is 13.6. The Balaban J connectivity index is 1.38. The van der Waals surface area contributed by atoms with Crippen LogP contribution in [0.2, 0.25) is 0 Å². The molecule has 31 heavy (non-hydrogen) atoms. The SMILES string of the molecule is CN(Cc1ccccc1N1CCOCC1)C(=O)c1ccc(COc2ccccc2)cc1. The van der Waals surface area contributed by atoms with Crippen molar-refractivity contribution < 1.29 is 14.3 Å². The minimum absolute atomic E-state index is 0.00677. The number of morpholine rings is 1. The van der Waals surface area contributed by atoms with Gasteiger partial charge in [-0.2, -0.15) is 0 Å². The summed E-state index contributed by atoms with van der Waals surface area (Å²) in [6, 6.07) is 25.7. The maximum Gasteiger partial charge on any atom is 0.253 e. The number of para-hydroxylation sites is 2. The molecule has 1 fully saturated rings. The smallest absolute Gasteiger partial charge is 0.253 e. The molecule has 1 aliphatic heterocycles. The van der Waals surface area contributed by atoms with E-state index in [2.05, 4.69) is 17.0 Å². The molecule has 0 atom stereocenters. The van der Waals surface area contributed by atoms with Gasteiger partial charge in [-0.3, -0.25) is 4.79 Å². The average molecular weight is 417 g/mol. The van der Waals surface area contributed by atoms with Crippen LogP contribution in [0.3, 0.4) is 0 Å². The zero-order valence-electron chi connectivity index (χ0n) is 17.9. The fourth-order valence-corrected chi connectivity index (χ4v) is 3.73. The Bertz CT molecular complexity index is 983. The van der Waals surface area contributed by atoms with E-state index >= 15 is 0 Å². The van der Waals surface area contributed by atoms with Crippen molar-refractivity contribution >= 4 is 11.6 Å². The maximum atomic E-state index is 13.0. The van der Waals surface area contributed by atoms with Gasteiger partial charge in [-0.1, -0.05) is 48.5 Å². The van der Waals surface area contributed by atoms with Crippen molar-refractivity contribution in [3.8, 4) is 5.75 Å². The highest BCUT2D eigenvalue weighted by atomic mass is 16.5. The molecule has 5 heteroatoms. The molecule has 0 bridgehead atoms. The third-order valence-corrected chi connectivity index (χ3v) is 5.45. The first-order valence-electron chi connectivity index (χ1n) is 10.6. The van der Waals surface area contributed by atoms with Crippen LogP contribution in [0.1, 0.15) is 21.5 Å². The summed E-state index contributed by atoms with van der Waals surface area (Å²) in [6.07, 6.45) is 0. The number of amides is 1. The van der Waals surface area contributed by atoms with E-state index in [1.807, 2.05) is 73.8 Å². The van der Waals surface area contributed by atoms with E-state index in [4.69, 9.17) is 9.47 Å². The molecule has 0 unspecified atom stereocenters. The summed E-state index contributed by atoms with van der Waals surface area (Å²) in [5, 5.41) is 0. The molecule has 0 N–H and O–H groups in total. The van der Waals surface area contributed by atoms with Crippen LogP contribution in [0.15, 0.2) is 78.9 Å². The monoisotopic (exact) mass is 416 g/mol. The van der Waals surface area contributed by atoms with Gasteiger partial charge in [-0.05, 0) is 41.5 Å². The number of nitrogens with zero attached hydrogens (tertiary/aromatic N) is 2. The number of carbonyl (C=O) groups is 1. The number of rotatable bonds is 7. The van der Waals surface area contributed by atoms with Gasteiger partial charge < -0.3 is 19.3 Å². The average Bonchev–Trinajstić information content (AvgIpc) is 2.84. The zero-order chi connectivity index (χ0) is 21.5. The number of hydrogen-bond donors (Lipinski definition) is 0. The molecule has 4 rings (SSSR count). The lowest BCUT2D eigenvalue weighted by Crippen LogP contribution is -2.37. The second-order valence-corrected chi connectivity index (χ2v) is 7.69. The lowest BCUT2D eigenvalue weighted by atomic mass is 10.1. The fourth-order valence-electron chi connectivity index (χ4n) is 3.73. The van der Waals surface area contributed by atoms with E-state index in [-0.39, 0.29) is 5.91 Å². The van der Waals surface area contributed by atoms with Gasteiger partial charge in [0.2, 0.25) is 0 Å². The van der Waals surface area contributed by atoms with Crippen LogP contribution >= 0.6 is 0 Å². The van der Waals surface area contributed by atoms with E-state index < -0.39 is 0 Å². The summed E-state index contributed by atoms with van der Waals surface area (Å²) in [4.78, 5) is 17.1. The van der Waals surface area contributed by atoms with Crippen molar-refractivity contribution in [2.45, 2.75) is 13.2 Å². The maximum absolute atomic E-state index is 13.0. The van der Waals surface area contributed by atoms with Crippen LogP contribution in [-0.2, 0) is 17.9 Å². The molecular weight excluding hydrogens is 388 g/mol. The Labute approximate surface area is 183 Å². The van der Waals surface area contributed by atoms with Crippen molar-refractivity contribution in [1.29, 1.82) is 0 Å². The molecule has 0 aromatic heterocycles. The fraction of sp³-hybridized carbons (Fsp3) is 0.269. The third-order valence-electron chi connectivity index (χ3n) is 5.45. The highest BCUT2D eigenvalue weighted by Gasteiger charge is 2.18. The first kappa shape index (κ1) is 20.9. The first-order chi connectivity index (χ1) is 15.2. The van der Waals surface area contributed by atoms with E-state index in [0.717, 1.165) is 43.2 Å². The van der Waals surface area contributed by atoms with E-state index in [1.54, 1.807) is 4.90 Å². The summed E-state index contributed by atoms with van der Waals surface area (Å²) in [7, 11) is 1.85. The zero-order valence-corrected chi connectivity index (χ0v) is 17.9. The molecule has 1 heterocycles. The van der Waals surface area contributed by atoms with Gasteiger partial charge in [-0.15, -0.1) is 0 Å². The van der Waals surface area contributed by atoms with Crippen molar-refractivity contribution in [2.75, 3.05) is 38.3 Å². The van der Waals surface area contributed by atoms with Crippen LogP contribution in [0.4, 0.5) is 5.69 Å². The lowest BCUT2D eigenvalue weighted by Gasteiger charge is -2.31. The predicted octanol–water partition coefficient (Wildman–Crippen LogP) is 4.37. The summed E-state index contributed by atoms with van der Waals surface area (Å²) in [5.41, 5.74) is 4.03. The van der Waals surface area contributed by atoms with Crippen LogP contribution < -0.4 is 9.64 Å². The molecular formula is C26H28N2O3. The summed E-state index contributed by atoms with van der Waals surface area (Å²) in [5.74, 6) is 0.841. The molecule has 0 spiro atoms. The molecule has 160 valence electrons. The van der Waals surface area contributed by atoms with Gasteiger partial charge in [0, 0.05) is 37.9 Å². The molecule has 3 aromatic rings. The van der Waals surface area contributed by atoms with Crippen LogP contribution in [-0.4, -0.2) is 44.2 Å².